The third-order valence-corrected chi connectivity index (χ3v) is 7.13. The highest BCUT2D eigenvalue weighted by Crippen LogP contribution is 2.37. The third kappa shape index (κ3) is 2.80. The van der Waals surface area contributed by atoms with E-state index in [-0.39, 0.29) is 20.1 Å². The van der Waals surface area contributed by atoms with Gasteiger partial charge in [-0.25, -0.2) is 12.7 Å². The first-order chi connectivity index (χ1) is 9.25. The highest BCUT2D eigenvalue weighted by Gasteiger charge is 2.27. The van der Waals surface area contributed by atoms with Crippen molar-refractivity contribution in [3.05, 3.63) is 31.7 Å². The van der Waals surface area contributed by atoms with Crippen LogP contribution in [0.3, 0.4) is 0 Å². The minimum atomic E-state index is -3.84. The van der Waals surface area contributed by atoms with Crippen LogP contribution in [0.5, 0.6) is 0 Å². The van der Waals surface area contributed by atoms with Gasteiger partial charge in [-0.3, -0.25) is 0 Å². The molecule has 0 saturated carbocycles. The molecule has 0 saturated heterocycles. The van der Waals surface area contributed by atoms with E-state index in [1.807, 2.05) is 0 Å². The number of sulfonamides is 1. The van der Waals surface area contributed by atoms with Crippen molar-refractivity contribution < 1.29 is 8.42 Å². The lowest BCUT2D eigenvalue weighted by Gasteiger charge is -2.17. The average molecular weight is 417 g/mol. The SMILES string of the molecule is Cc1nnc(N(C)S(=O)(=O)c2ccc(Br)c(Cl)c2Cl)s1. The van der Waals surface area contributed by atoms with Crippen molar-refractivity contribution in [3.8, 4) is 0 Å². The second-order valence-corrected chi connectivity index (χ2v) is 8.46. The van der Waals surface area contributed by atoms with Gasteiger partial charge < -0.3 is 0 Å². The van der Waals surface area contributed by atoms with E-state index in [1.165, 1.54) is 30.5 Å². The smallest absolute Gasteiger partial charge is 0.243 e. The average Bonchev–Trinajstić information content (AvgIpc) is 2.81. The number of hydrogen-bond acceptors (Lipinski definition) is 5. The maximum absolute atomic E-state index is 12.5. The summed E-state index contributed by atoms with van der Waals surface area (Å²) in [5, 5.41) is 8.65. The molecule has 0 fully saturated rings. The Morgan fingerprint density at radius 1 is 1.25 bits per heavy atom. The zero-order valence-corrected chi connectivity index (χ0v) is 15.0. The van der Waals surface area contributed by atoms with Gasteiger partial charge in [0.1, 0.15) is 9.90 Å². The van der Waals surface area contributed by atoms with Crippen molar-refractivity contribution in [1.82, 2.24) is 10.2 Å². The van der Waals surface area contributed by atoms with E-state index in [9.17, 15) is 8.42 Å². The highest BCUT2D eigenvalue weighted by atomic mass is 79.9. The number of anilines is 1. The van der Waals surface area contributed by atoms with Crippen LogP contribution >= 0.6 is 50.5 Å². The fourth-order valence-electron chi connectivity index (χ4n) is 1.37. The van der Waals surface area contributed by atoms with Gasteiger partial charge in [-0.05, 0) is 35.0 Å². The monoisotopic (exact) mass is 415 g/mol. The summed E-state index contributed by atoms with van der Waals surface area (Å²) in [6.07, 6.45) is 0. The van der Waals surface area contributed by atoms with Crippen LogP contribution in [0.2, 0.25) is 10.0 Å². The molecule has 0 aliphatic carbocycles. The van der Waals surface area contributed by atoms with E-state index >= 15 is 0 Å². The van der Waals surface area contributed by atoms with E-state index in [2.05, 4.69) is 26.1 Å². The molecule has 0 atom stereocenters. The predicted octanol–water partition coefficient (Wildman–Crippen LogP) is 3.74. The van der Waals surface area contributed by atoms with E-state index in [1.54, 1.807) is 6.92 Å². The molecule has 0 aliphatic rings. The van der Waals surface area contributed by atoms with Gasteiger partial charge in [-0.1, -0.05) is 34.5 Å². The van der Waals surface area contributed by atoms with Crippen LogP contribution in [0.25, 0.3) is 0 Å². The Balaban J connectivity index is 2.53. The molecule has 0 spiro atoms. The summed E-state index contributed by atoms with van der Waals surface area (Å²) in [5.41, 5.74) is 0. The van der Waals surface area contributed by atoms with Crippen LogP contribution < -0.4 is 4.31 Å². The van der Waals surface area contributed by atoms with Crippen molar-refractivity contribution in [2.45, 2.75) is 11.8 Å². The maximum atomic E-state index is 12.5. The first-order valence-electron chi connectivity index (χ1n) is 5.17. The molecule has 108 valence electrons. The first kappa shape index (κ1) is 16.0. The van der Waals surface area contributed by atoms with Gasteiger partial charge in [0.25, 0.3) is 10.0 Å². The zero-order valence-electron chi connectivity index (χ0n) is 10.3. The Kier molecular flexibility index (Phi) is 4.60. The maximum Gasteiger partial charge on any atom is 0.267 e. The third-order valence-electron chi connectivity index (χ3n) is 2.42. The van der Waals surface area contributed by atoms with Crippen LogP contribution in [0.1, 0.15) is 5.01 Å². The van der Waals surface area contributed by atoms with Crippen LogP contribution in [0.15, 0.2) is 21.5 Å². The van der Waals surface area contributed by atoms with Gasteiger partial charge >= 0.3 is 0 Å². The minimum absolute atomic E-state index is 0.0332. The van der Waals surface area contributed by atoms with Crippen LogP contribution in [-0.2, 0) is 10.0 Å². The van der Waals surface area contributed by atoms with Crippen molar-refractivity contribution in [2.75, 3.05) is 11.4 Å². The van der Waals surface area contributed by atoms with Crippen LogP contribution in [0, 0.1) is 6.92 Å². The molecule has 0 aliphatic heterocycles. The number of halogens is 3. The number of benzene rings is 1. The molecule has 5 nitrogen and oxygen atoms in total. The molecule has 0 radical (unpaired) electrons. The van der Waals surface area contributed by atoms with E-state index in [4.69, 9.17) is 23.2 Å². The fourth-order valence-corrected chi connectivity index (χ4v) is 4.56. The van der Waals surface area contributed by atoms with Crippen molar-refractivity contribution >= 4 is 65.6 Å². The predicted molar refractivity (Wildman–Crippen MR) is 84.4 cm³/mol. The van der Waals surface area contributed by atoms with Crippen molar-refractivity contribution in [3.63, 3.8) is 0 Å². The summed E-state index contributed by atoms with van der Waals surface area (Å²) in [4.78, 5) is -0.0808. The lowest BCUT2D eigenvalue weighted by molar-refractivity contribution is 0.594. The summed E-state index contributed by atoms with van der Waals surface area (Å²) >= 11 is 16.3. The van der Waals surface area contributed by atoms with E-state index in [0.29, 0.717) is 9.48 Å². The molecule has 20 heavy (non-hydrogen) atoms. The van der Waals surface area contributed by atoms with Gasteiger partial charge in [0.2, 0.25) is 5.13 Å². The number of nitrogens with zero attached hydrogens (tertiary/aromatic N) is 3. The molecular formula is C10H8BrCl2N3O2S2. The van der Waals surface area contributed by atoms with Crippen molar-refractivity contribution in [2.24, 2.45) is 0 Å². The first-order valence-corrected chi connectivity index (χ1v) is 8.98. The molecule has 2 rings (SSSR count). The summed E-state index contributed by atoms with van der Waals surface area (Å²) in [6, 6.07) is 2.91. The number of aryl methyl sites for hydroxylation is 1. The molecule has 1 aromatic carbocycles. The Labute approximate surface area is 138 Å². The van der Waals surface area contributed by atoms with Gasteiger partial charge in [0.05, 0.1) is 10.0 Å². The molecule has 0 bridgehead atoms. The lowest BCUT2D eigenvalue weighted by Crippen LogP contribution is -2.26. The van der Waals surface area contributed by atoms with Crippen LogP contribution in [-0.4, -0.2) is 25.7 Å². The molecule has 1 heterocycles. The number of hydrogen-bond donors (Lipinski definition) is 0. The normalized spacial score (nSPS) is 11.7. The Morgan fingerprint density at radius 2 is 1.90 bits per heavy atom. The molecule has 0 amide bonds. The van der Waals surface area contributed by atoms with E-state index < -0.39 is 10.0 Å². The van der Waals surface area contributed by atoms with Gasteiger partial charge in [-0.15, -0.1) is 10.2 Å². The summed E-state index contributed by atoms with van der Waals surface area (Å²) < 4.78 is 26.6. The number of aromatic nitrogens is 2. The second-order valence-electron chi connectivity index (χ2n) is 3.75. The van der Waals surface area contributed by atoms with Gasteiger partial charge in [0.15, 0.2) is 0 Å². The number of rotatable bonds is 3. The van der Waals surface area contributed by atoms with Crippen LogP contribution in [0.4, 0.5) is 5.13 Å². The topological polar surface area (TPSA) is 63.2 Å². The summed E-state index contributed by atoms with van der Waals surface area (Å²) in [6.45, 7) is 1.74. The Hall–Kier alpha value is -0.410. The molecule has 0 N–H and O–H groups in total. The summed E-state index contributed by atoms with van der Waals surface area (Å²) in [7, 11) is -2.45. The second kappa shape index (κ2) is 5.76. The highest BCUT2D eigenvalue weighted by molar-refractivity contribution is 9.10. The standard InChI is InChI=1S/C10H8BrCl2N3O2S2/c1-5-14-15-10(19-5)16(2)20(17,18)7-4-3-6(11)8(12)9(7)13/h3-4H,1-2H3. The van der Waals surface area contributed by atoms with Gasteiger partial charge in [0, 0.05) is 11.5 Å². The quantitative estimate of drug-likeness (QED) is 0.715. The fraction of sp³-hybridized carbons (Fsp3) is 0.200. The Morgan fingerprint density at radius 3 is 2.45 bits per heavy atom. The minimum Gasteiger partial charge on any atom is -0.243 e. The largest absolute Gasteiger partial charge is 0.267 e. The van der Waals surface area contributed by atoms with Crippen molar-refractivity contribution in [1.29, 1.82) is 0 Å². The Bertz CT molecular complexity index is 764. The molecule has 10 heteroatoms. The van der Waals surface area contributed by atoms with E-state index in [0.717, 1.165) is 4.31 Å². The summed E-state index contributed by atoms with van der Waals surface area (Å²) in [5.74, 6) is 0. The lowest BCUT2D eigenvalue weighted by atomic mass is 10.4. The zero-order chi connectivity index (χ0) is 15.1. The molecule has 1 aromatic heterocycles. The van der Waals surface area contributed by atoms with Gasteiger partial charge in [-0.2, -0.15) is 0 Å². The molecule has 0 unspecified atom stereocenters. The molecular weight excluding hydrogens is 409 g/mol. The molecule has 2 aromatic rings.